The lowest BCUT2D eigenvalue weighted by Crippen LogP contribution is -2.16. The Balaban J connectivity index is 1.57. The van der Waals surface area contributed by atoms with E-state index in [2.05, 4.69) is 22.4 Å². The van der Waals surface area contributed by atoms with Crippen molar-refractivity contribution in [3.63, 3.8) is 0 Å². The third-order valence-corrected chi connectivity index (χ3v) is 3.55. The average molecular weight is 313 g/mol. The summed E-state index contributed by atoms with van der Waals surface area (Å²) in [6.45, 7) is 2.07. The molecule has 1 N–H and O–H groups in total. The van der Waals surface area contributed by atoms with Crippen LogP contribution in [-0.4, -0.2) is 23.3 Å². The summed E-state index contributed by atoms with van der Waals surface area (Å²) in [6.07, 6.45) is 3.46. The summed E-state index contributed by atoms with van der Waals surface area (Å²) < 4.78 is 15.7. The number of nitrogens with one attached hydrogen (secondary N) is 1. The fraction of sp³-hybridized carbons (Fsp3) is 0.294. The molecular formula is C17H19N3O3. The zero-order chi connectivity index (χ0) is 16.1. The number of aryl methyl sites for hydroxylation is 1. The molecule has 0 aliphatic heterocycles. The molecule has 6 nitrogen and oxygen atoms in total. The molecule has 0 radical (unpaired) electrons. The van der Waals surface area contributed by atoms with Gasteiger partial charge in [-0.05, 0) is 49.7 Å². The molecule has 0 aliphatic rings. The smallest absolute Gasteiger partial charge is 0.321 e. The molecule has 3 rings (SSSR count). The van der Waals surface area contributed by atoms with Crippen LogP contribution in [0.1, 0.15) is 19.1 Å². The van der Waals surface area contributed by atoms with Gasteiger partial charge >= 0.3 is 6.01 Å². The van der Waals surface area contributed by atoms with Crippen molar-refractivity contribution < 1.29 is 13.7 Å². The van der Waals surface area contributed by atoms with Crippen molar-refractivity contribution in [2.75, 3.05) is 12.4 Å². The first-order valence-electron chi connectivity index (χ1n) is 7.51. The third-order valence-electron chi connectivity index (χ3n) is 3.55. The quantitative estimate of drug-likeness (QED) is 0.715. The van der Waals surface area contributed by atoms with E-state index in [1.807, 2.05) is 36.4 Å². The van der Waals surface area contributed by atoms with Crippen molar-refractivity contribution in [2.24, 2.45) is 0 Å². The normalized spacial score (nSPS) is 12.1. The molecule has 0 bridgehead atoms. The zero-order valence-corrected chi connectivity index (χ0v) is 13.2. The fourth-order valence-corrected chi connectivity index (χ4v) is 2.24. The van der Waals surface area contributed by atoms with Gasteiger partial charge in [-0.25, -0.2) is 0 Å². The first-order valence-corrected chi connectivity index (χ1v) is 7.51. The maximum absolute atomic E-state index is 5.33. The lowest BCUT2D eigenvalue weighted by atomic mass is 10.1. The summed E-state index contributed by atoms with van der Waals surface area (Å²) in [7, 11) is 1.63. The van der Waals surface area contributed by atoms with E-state index in [9.17, 15) is 0 Å². The molecule has 0 aliphatic carbocycles. The van der Waals surface area contributed by atoms with Crippen LogP contribution in [-0.2, 0) is 6.42 Å². The minimum absolute atomic E-state index is 0.198. The van der Waals surface area contributed by atoms with E-state index in [0.29, 0.717) is 11.8 Å². The lowest BCUT2D eigenvalue weighted by Gasteiger charge is -2.09. The highest BCUT2D eigenvalue weighted by molar-refractivity contribution is 5.56. The van der Waals surface area contributed by atoms with Crippen LogP contribution in [0.5, 0.6) is 5.75 Å². The Bertz CT molecular complexity index is 720. The number of benzene rings is 1. The van der Waals surface area contributed by atoms with E-state index in [-0.39, 0.29) is 6.04 Å². The Morgan fingerprint density at radius 1 is 1.22 bits per heavy atom. The molecule has 6 heteroatoms. The molecule has 3 aromatic rings. The van der Waals surface area contributed by atoms with E-state index >= 15 is 0 Å². The van der Waals surface area contributed by atoms with Crippen LogP contribution in [0.15, 0.2) is 51.6 Å². The number of hydrogen-bond donors (Lipinski definition) is 1. The largest absolute Gasteiger partial charge is 0.497 e. The van der Waals surface area contributed by atoms with Crippen LogP contribution in [0, 0.1) is 0 Å². The maximum Gasteiger partial charge on any atom is 0.321 e. The van der Waals surface area contributed by atoms with E-state index < -0.39 is 0 Å². The number of nitrogens with zero attached hydrogens (tertiary/aromatic N) is 2. The molecule has 1 aromatic carbocycles. The van der Waals surface area contributed by atoms with Gasteiger partial charge in [0.05, 0.1) is 13.4 Å². The zero-order valence-electron chi connectivity index (χ0n) is 13.2. The van der Waals surface area contributed by atoms with Gasteiger partial charge in [-0.1, -0.05) is 5.16 Å². The van der Waals surface area contributed by atoms with Gasteiger partial charge in [0.2, 0.25) is 5.82 Å². The highest BCUT2D eigenvalue weighted by Crippen LogP contribution is 2.21. The summed E-state index contributed by atoms with van der Waals surface area (Å²) in [4.78, 5) is 4.37. The summed E-state index contributed by atoms with van der Waals surface area (Å²) in [5.41, 5.74) is 0.880. The molecule has 120 valence electrons. The number of aromatic nitrogens is 2. The van der Waals surface area contributed by atoms with Gasteiger partial charge < -0.3 is 19.0 Å². The first kappa shape index (κ1) is 15.1. The Morgan fingerprint density at radius 2 is 2.04 bits per heavy atom. The number of rotatable bonds is 7. The SMILES string of the molecule is COc1ccc(-c2noc(N[C@@H](C)CCc3ccco3)n2)cc1. The Labute approximate surface area is 134 Å². The predicted octanol–water partition coefficient (Wildman–Crippen LogP) is 3.77. The molecule has 0 saturated carbocycles. The van der Waals surface area contributed by atoms with E-state index in [1.54, 1.807) is 13.4 Å². The highest BCUT2D eigenvalue weighted by atomic mass is 16.5. The summed E-state index contributed by atoms with van der Waals surface area (Å²) in [5.74, 6) is 2.32. The maximum atomic E-state index is 5.33. The molecule has 2 heterocycles. The van der Waals surface area contributed by atoms with Gasteiger partial charge in [0.25, 0.3) is 0 Å². The predicted molar refractivity (Wildman–Crippen MR) is 86.4 cm³/mol. The molecule has 0 saturated heterocycles. The molecule has 0 fully saturated rings. The number of furan rings is 1. The minimum atomic E-state index is 0.198. The number of anilines is 1. The van der Waals surface area contributed by atoms with E-state index in [0.717, 1.165) is 29.9 Å². The molecule has 0 unspecified atom stereocenters. The van der Waals surface area contributed by atoms with Crippen molar-refractivity contribution in [3.05, 3.63) is 48.4 Å². The number of hydrogen-bond acceptors (Lipinski definition) is 6. The molecule has 23 heavy (non-hydrogen) atoms. The van der Waals surface area contributed by atoms with Gasteiger partial charge in [0.1, 0.15) is 11.5 Å². The molecule has 0 amide bonds. The van der Waals surface area contributed by atoms with Gasteiger partial charge in [-0.15, -0.1) is 0 Å². The van der Waals surface area contributed by atoms with Gasteiger partial charge in [-0.2, -0.15) is 4.98 Å². The second-order valence-electron chi connectivity index (χ2n) is 5.32. The third kappa shape index (κ3) is 3.91. The van der Waals surface area contributed by atoms with Crippen molar-refractivity contribution >= 4 is 6.01 Å². The van der Waals surface area contributed by atoms with E-state index in [1.165, 1.54) is 0 Å². The van der Waals surface area contributed by atoms with Crippen LogP contribution >= 0.6 is 0 Å². The highest BCUT2D eigenvalue weighted by Gasteiger charge is 2.11. The standard InChI is InChI=1S/C17H19N3O3/c1-12(5-8-15-4-3-11-22-15)18-17-19-16(20-23-17)13-6-9-14(21-2)10-7-13/h3-4,6-7,9-12H,5,8H2,1-2H3,(H,18,19,20)/t12-/m0/s1. The summed E-state index contributed by atoms with van der Waals surface area (Å²) in [6, 6.07) is 12.0. The van der Waals surface area contributed by atoms with Crippen LogP contribution in [0.25, 0.3) is 11.4 Å². The monoisotopic (exact) mass is 313 g/mol. The van der Waals surface area contributed by atoms with Gasteiger partial charge in [0, 0.05) is 18.0 Å². The summed E-state index contributed by atoms with van der Waals surface area (Å²) >= 11 is 0. The molecule has 0 spiro atoms. The average Bonchev–Trinajstić information content (AvgIpc) is 3.25. The van der Waals surface area contributed by atoms with Crippen LogP contribution in [0.4, 0.5) is 6.01 Å². The van der Waals surface area contributed by atoms with Crippen molar-refractivity contribution in [3.8, 4) is 17.1 Å². The van der Waals surface area contributed by atoms with Gasteiger partial charge in [-0.3, -0.25) is 0 Å². The first-order chi connectivity index (χ1) is 11.2. The molecule has 1 atom stereocenters. The van der Waals surface area contributed by atoms with Gasteiger partial charge in [0.15, 0.2) is 0 Å². The van der Waals surface area contributed by atoms with E-state index in [4.69, 9.17) is 13.7 Å². The number of methoxy groups -OCH3 is 1. The Morgan fingerprint density at radius 3 is 2.74 bits per heavy atom. The Kier molecular flexibility index (Phi) is 4.61. The second kappa shape index (κ2) is 7.00. The van der Waals surface area contributed by atoms with Crippen molar-refractivity contribution in [2.45, 2.75) is 25.8 Å². The Hall–Kier alpha value is -2.76. The number of ether oxygens (including phenoxy) is 1. The minimum Gasteiger partial charge on any atom is -0.497 e. The van der Waals surface area contributed by atoms with Crippen LogP contribution < -0.4 is 10.1 Å². The lowest BCUT2D eigenvalue weighted by molar-refractivity contribution is 0.414. The van der Waals surface area contributed by atoms with Crippen molar-refractivity contribution in [1.82, 2.24) is 10.1 Å². The topological polar surface area (TPSA) is 73.3 Å². The summed E-state index contributed by atoms with van der Waals surface area (Å²) in [5, 5.41) is 7.21. The molecule has 2 aromatic heterocycles. The second-order valence-corrected chi connectivity index (χ2v) is 5.32. The molecular weight excluding hydrogens is 294 g/mol. The fourth-order valence-electron chi connectivity index (χ4n) is 2.24. The van der Waals surface area contributed by atoms with Crippen LogP contribution in [0.3, 0.4) is 0 Å². The van der Waals surface area contributed by atoms with Crippen LogP contribution in [0.2, 0.25) is 0 Å². The van der Waals surface area contributed by atoms with Crippen molar-refractivity contribution in [1.29, 1.82) is 0 Å².